The Morgan fingerprint density at radius 2 is 2.06 bits per heavy atom. The van der Waals surface area contributed by atoms with E-state index in [2.05, 4.69) is 0 Å². The first kappa shape index (κ1) is 15.0. The number of rotatable bonds is 5. The maximum Gasteiger partial charge on any atom is 0.245 e. The van der Waals surface area contributed by atoms with E-state index >= 15 is 0 Å². The summed E-state index contributed by atoms with van der Waals surface area (Å²) < 4.78 is 38.9. The van der Waals surface area contributed by atoms with E-state index < -0.39 is 21.9 Å². The zero-order chi connectivity index (χ0) is 13.9. The highest BCUT2D eigenvalue weighted by atomic mass is 32.2. The zero-order valence-electron chi connectivity index (χ0n) is 10.1. The molecule has 0 fully saturated rings. The topological polar surface area (TPSA) is 63.4 Å². The molecule has 100 valence electrons. The Morgan fingerprint density at radius 1 is 1.50 bits per heavy atom. The third-order valence-corrected chi connectivity index (χ3v) is 4.78. The predicted octanol–water partition coefficient (Wildman–Crippen LogP) is 1.51. The van der Waals surface area contributed by atoms with Crippen LogP contribution in [0.5, 0.6) is 0 Å². The maximum absolute atomic E-state index is 13.5. The van der Waals surface area contributed by atoms with Gasteiger partial charge in [0.15, 0.2) is 0 Å². The minimum Gasteiger partial charge on any atom is -0.393 e. The summed E-state index contributed by atoms with van der Waals surface area (Å²) in [6.07, 6.45) is 0.250. The molecule has 0 amide bonds. The van der Waals surface area contributed by atoms with Crippen LogP contribution in [0.4, 0.5) is 4.39 Å². The summed E-state index contributed by atoms with van der Waals surface area (Å²) >= 11 is 4.74. The first-order chi connectivity index (χ1) is 8.26. The minimum atomic E-state index is -3.87. The summed E-state index contributed by atoms with van der Waals surface area (Å²) in [4.78, 5) is -0.125. The Labute approximate surface area is 112 Å². The average Bonchev–Trinajstić information content (AvgIpc) is 2.27. The van der Waals surface area contributed by atoms with Crippen LogP contribution in [0, 0.1) is 5.82 Å². The van der Waals surface area contributed by atoms with Crippen LogP contribution < -0.4 is 5.73 Å². The smallest absolute Gasteiger partial charge is 0.245 e. The van der Waals surface area contributed by atoms with Crippen LogP contribution in [0.3, 0.4) is 0 Å². The molecule has 0 radical (unpaired) electrons. The van der Waals surface area contributed by atoms with Gasteiger partial charge in [0, 0.05) is 19.5 Å². The molecule has 4 nitrogen and oxygen atoms in total. The van der Waals surface area contributed by atoms with Gasteiger partial charge in [-0.3, -0.25) is 0 Å². The number of hydrogen-bond acceptors (Lipinski definition) is 3. The Kier molecular flexibility index (Phi) is 4.78. The largest absolute Gasteiger partial charge is 0.393 e. The summed E-state index contributed by atoms with van der Waals surface area (Å²) in [5, 5.41) is 0. The van der Waals surface area contributed by atoms with Crippen LogP contribution in [-0.2, 0) is 10.0 Å². The van der Waals surface area contributed by atoms with Crippen molar-refractivity contribution in [1.29, 1.82) is 0 Å². The van der Waals surface area contributed by atoms with E-state index in [1.807, 2.05) is 0 Å². The molecule has 1 unspecified atom stereocenters. The van der Waals surface area contributed by atoms with E-state index in [0.717, 1.165) is 10.4 Å². The Bertz CT molecular complexity index is 546. The second kappa shape index (κ2) is 5.73. The third kappa shape index (κ3) is 3.24. The highest BCUT2D eigenvalue weighted by Gasteiger charge is 2.27. The summed E-state index contributed by atoms with van der Waals surface area (Å²) in [6.45, 7) is 1.66. The quantitative estimate of drug-likeness (QED) is 0.835. The van der Waals surface area contributed by atoms with Crippen LogP contribution in [-0.4, -0.2) is 30.8 Å². The molecule has 1 aromatic carbocycles. The van der Waals surface area contributed by atoms with Crippen molar-refractivity contribution in [3.8, 4) is 0 Å². The number of hydrogen-bond donors (Lipinski definition) is 1. The zero-order valence-corrected chi connectivity index (χ0v) is 11.8. The molecule has 0 aliphatic rings. The lowest BCUT2D eigenvalue weighted by Gasteiger charge is -2.24. The molecule has 0 aliphatic heterocycles. The van der Waals surface area contributed by atoms with Gasteiger partial charge in [-0.1, -0.05) is 24.4 Å². The normalized spacial score (nSPS) is 13.6. The number of nitrogens with two attached hydrogens (primary N) is 1. The van der Waals surface area contributed by atoms with Gasteiger partial charge >= 0.3 is 0 Å². The molecule has 0 bridgehead atoms. The highest BCUT2D eigenvalue weighted by Crippen LogP contribution is 2.20. The van der Waals surface area contributed by atoms with Gasteiger partial charge in [-0.25, -0.2) is 12.8 Å². The number of sulfonamides is 1. The van der Waals surface area contributed by atoms with E-state index in [9.17, 15) is 12.8 Å². The summed E-state index contributed by atoms with van der Waals surface area (Å²) in [5.74, 6) is -0.771. The van der Waals surface area contributed by atoms with Crippen molar-refractivity contribution in [2.45, 2.75) is 24.3 Å². The van der Waals surface area contributed by atoms with Gasteiger partial charge < -0.3 is 5.73 Å². The Balaban J connectivity index is 3.08. The average molecular weight is 290 g/mol. The summed E-state index contributed by atoms with van der Waals surface area (Å²) in [7, 11) is -2.49. The van der Waals surface area contributed by atoms with Crippen LogP contribution in [0.25, 0.3) is 0 Å². The molecule has 7 heteroatoms. The van der Waals surface area contributed by atoms with Crippen molar-refractivity contribution < 1.29 is 12.8 Å². The molecule has 0 aliphatic carbocycles. The Morgan fingerprint density at radius 3 is 2.56 bits per heavy atom. The van der Waals surface area contributed by atoms with E-state index in [1.54, 1.807) is 6.92 Å². The number of halogens is 1. The number of nitrogens with zero attached hydrogens (tertiary/aromatic N) is 1. The molecule has 1 atom stereocenters. The summed E-state index contributed by atoms with van der Waals surface area (Å²) in [6, 6.07) is 4.83. The molecule has 18 heavy (non-hydrogen) atoms. The van der Waals surface area contributed by atoms with Gasteiger partial charge in [-0.05, 0) is 19.1 Å². The monoisotopic (exact) mass is 290 g/mol. The third-order valence-electron chi connectivity index (χ3n) is 2.61. The van der Waals surface area contributed by atoms with E-state index in [-0.39, 0.29) is 16.3 Å². The van der Waals surface area contributed by atoms with E-state index in [4.69, 9.17) is 18.0 Å². The molecule has 1 rings (SSSR count). The first-order valence-electron chi connectivity index (χ1n) is 5.27. The molecule has 0 aromatic heterocycles. The van der Waals surface area contributed by atoms with Crippen molar-refractivity contribution in [3.63, 3.8) is 0 Å². The van der Waals surface area contributed by atoms with Gasteiger partial charge in [0.2, 0.25) is 10.0 Å². The second-order valence-corrected chi connectivity index (χ2v) is 6.46. The highest BCUT2D eigenvalue weighted by molar-refractivity contribution is 7.89. The standard InChI is InChI=1S/C11H15FN2O2S2/c1-8(7-11(13)17)14(2)18(15,16)10-6-4-3-5-9(10)12/h3-6,8H,7H2,1-2H3,(H2,13,17). The van der Waals surface area contributed by atoms with Crippen LogP contribution >= 0.6 is 12.2 Å². The number of benzene rings is 1. The Hall–Kier alpha value is -1.05. The van der Waals surface area contributed by atoms with E-state index in [0.29, 0.717) is 0 Å². The lowest BCUT2D eigenvalue weighted by atomic mass is 10.2. The van der Waals surface area contributed by atoms with Crippen molar-refractivity contribution in [2.24, 2.45) is 5.73 Å². The van der Waals surface area contributed by atoms with Crippen molar-refractivity contribution in [2.75, 3.05) is 7.05 Å². The van der Waals surface area contributed by atoms with Gasteiger partial charge in [0.1, 0.15) is 10.7 Å². The lowest BCUT2D eigenvalue weighted by molar-refractivity contribution is 0.394. The van der Waals surface area contributed by atoms with Gasteiger partial charge in [-0.15, -0.1) is 0 Å². The van der Waals surface area contributed by atoms with Gasteiger partial charge in [0.25, 0.3) is 0 Å². The molecule has 2 N–H and O–H groups in total. The van der Waals surface area contributed by atoms with Gasteiger partial charge in [-0.2, -0.15) is 4.31 Å². The van der Waals surface area contributed by atoms with E-state index in [1.165, 1.54) is 25.2 Å². The van der Waals surface area contributed by atoms with Crippen molar-refractivity contribution >= 4 is 27.2 Å². The fourth-order valence-electron chi connectivity index (χ4n) is 1.47. The molecule has 0 saturated carbocycles. The van der Waals surface area contributed by atoms with Crippen LogP contribution in [0.1, 0.15) is 13.3 Å². The van der Waals surface area contributed by atoms with Gasteiger partial charge in [0.05, 0.1) is 4.99 Å². The molecular formula is C11H15FN2O2S2. The minimum absolute atomic E-state index is 0.220. The second-order valence-electron chi connectivity index (χ2n) is 3.97. The van der Waals surface area contributed by atoms with Crippen molar-refractivity contribution in [3.05, 3.63) is 30.1 Å². The van der Waals surface area contributed by atoms with Crippen molar-refractivity contribution in [1.82, 2.24) is 4.31 Å². The van der Waals surface area contributed by atoms with Crippen LogP contribution in [0.15, 0.2) is 29.2 Å². The van der Waals surface area contributed by atoms with Crippen LogP contribution in [0.2, 0.25) is 0 Å². The molecule has 0 saturated heterocycles. The molecule has 0 spiro atoms. The molecular weight excluding hydrogens is 275 g/mol. The fourth-order valence-corrected chi connectivity index (χ4v) is 3.13. The molecule has 0 heterocycles. The fraction of sp³-hybridized carbons (Fsp3) is 0.364. The lowest BCUT2D eigenvalue weighted by Crippen LogP contribution is -2.37. The number of thiocarbonyl (C=S) groups is 1. The molecule has 1 aromatic rings. The SMILES string of the molecule is CC(CC(N)=S)N(C)S(=O)(=O)c1ccccc1F. The summed E-state index contributed by atoms with van der Waals surface area (Å²) in [5.41, 5.74) is 5.38. The maximum atomic E-state index is 13.5. The first-order valence-corrected chi connectivity index (χ1v) is 7.12. The predicted molar refractivity (Wildman–Crippen MR) is 72.2 cm³/mol.